The predicted molar refractivity (Wildman–Crippen MR) is 84.8 cm³/mol. The van der Waals surface area contributed by atoms with Gasteiger partial charge in [-0.3, -0.25) is 9.78 Å². The Labute approximate surface area is 127 Å². The molecule has 1 heterocycles. The molecule has 0 aliphatic heterocycles. The van der Waals surface area contributed by atoms with E-state index in [1.54, 1.807) is 6.20 Å². The Balaban J connectivity index is 1.46. The van der Waals surface area contributed by atoms with Gasteiger partial charge in [0.05, 0.1) is 0 Å². The summed E-state index contributed by atoms with van der Waals surface area (Å²) in [6, 6.07) is 4.01. The zero-order valence-electron chi connectivity index (χ0n) is 12.8. The standard InChI is InChI=1S/C17H27N3O/c21-17(12-15-6-2-1-3-7-15)20-11-5-10-19-14-16-8-4-9-18-13-16/h4,8-9,13,15,19H,1-3,5-7,10-12,14H2,(H,20,21). The lowest BCUT2D eigenvalue weighted by molar-refractivity contribution is -0.122. The monoisotopic (exact) mass is 289 g/mol. The summed E-state index contributed by atoms with van der Waals surface area (Å²) in [7, 11) is 0. The fraction of sp³-hybridized carbons (Fsp3) is 0.647. The number of carbonyl (C=O) groups excluding carboxylic acids is 1. The van der Waals surface area contributed by atoms with E-state index in [-0.39, 0.29) is 5.91 Å². The molecule has 2 rings (SSSR count). The fourth-order valence-electron chi connectivity index (χ4n) is 2.90. The largest absolute Gasteiger partial charge is 0.356 e. The smallest absolute Gasteiger partial charge is 0.220 e. The van der Waals surface area contributed by atoms with Crippen molar-refractivity contribution in [3.05, 3.63) is 30.1 Å². The Hall–Kier alpha value is -1.42. The van der Waals surface area contributed by atoms with E-state index in [1.165, 1.54) is 37.7 Å². The van der Waals surface area contributed by atoms with Gasteiger partial charge < -0.3 is 10.6 Å². The van der Waals surface area contributed by atoms with E-state index < -0.39 is 0 Å². The van der Waals surface area contributed by atoms with Crippen LogP contribution in [0.4, 0.5) is 0 Å². The van der Waals surface area contributed by atoms with Gasteiger partial charge in [0, 0.05) is 31.9 Å². The Bertz CT molecular complexity index is 402. The van der Waals surface area contributed by atoms with Crippen molar-refractivity contribution in [1.82, 2.24) is 15.6 Å². The normalized spacial score (nSPS) is 15.8. The van der Waals surface area contributed by atoms with E-state index in [2.05, 4.69) is 21.7 Å². The van der Waals surface area contributed by atoms with E-state index in [4.69, 9.17) is 0 Å². The molecule has 1 aliphatic carbocycles. The highest BCUT2D eigenvalue weighted by Gasteiger charge is 2.16. The van der Waals surface area contributed by atoms with Crippen LogP contribution in [-0.4, -0.2) is 24.0 Å². The van der Waals surface area contributed by atoms with Crippen LogP contribution >= 0.6 is 0 Å². The fourth-order valence-corrected chi connectivity index (χ4v) is 2.90. The van der Waals surface area contributed by atoms with Gasteiger partial charge in [0.1, 0.15) is 0 Å². The van der Waals surface area contributed by atoms with Gasteiger partial charge in [0.2, 0.25) is 5.91 Å². The molecule has 0 bridgehead atoms. The molecule has 0 spiro atoms. The van der Waals surface area contributed by atoms with Crippen LogP contribution in [-0.2, 0) is 11.3 Å². The van der Waals surface area contributed by atoms with Gasteiger partial charge in [-0.1, -0.05) is 25.3 Å². The molecule has 1 aliphatic rings. The summed E-state index contributed by atoms with van der Waals surface area (Å²) < 4.78 is 0. The second-order valence-electron chi connectivity index (χ2n) is 5.95. The summed E-state index contributed by atoms with van der Waals surface area (Å²) in [5.41, 5.74) is 1.19. The van der Waals surface area contributed by atoms with Gasteiger partial charge in [0.25, 0.3) is 0 Å². The molecule has 1 amide bonds. The zero-order chi connectivity index (χ0) is 14.8. The van der Waals surface area contributed by atoms with Crippen molar-refractivity contribution in [2.24, 2.45) is 5.92 Å². The molecule has 1 fully saturated rings. The number of nitrogens with zero attached hydrogens (tertiary/aromatic N) is 1. The van der Waals surface area contributed by atoms with Crippen LogP contribution < -0.4 is 10.6 Å². The minimum absolute atomic E-state index is 0.231. The summed E-state index contributed by atoms with van der Waals surface area (Å²) in [5, 5.41) is 6.40. The maximum atomic E-state index is 11.8. The summed E-state index contributed by atoms with van der Waals surface area (Å²) in [4.78, 5) is 15.9. The molecule has 0 radical (unpaired) electrons. The third-order valence-corrected chi connectivity index (χ3v) is 4.10. The van der Waals surface area contributed by atoms with E-state index in [9.17, 15) is 4.79 Å². The molecule has 0 aromatic carbocycles. The highest BCUT2D eigenvalue weighted by Crippen LogP contribution is 2.25. The van der Waals surface area contributed by atoms with Crippen LogP contribution in [0.5, 0.6) is 0 Å². The number of rotatable bonds is 8. The second kappa shape index (κ2) is 9.50. The lowest BCUT2D eigenvalue weighted by Crippen LogP contribution is -2.29. The summed E-state index contributed by atoms with van der Waals surface area (Å²) in [6.07, 6.45) is 11.8. The SMILES string of the molecule is O=C(CC1CCCCC1)NCCCNCc1cccnc1. The summed E-state index contributed by atoms with van der Waals surface area (Å²) >= 11 is 0. The Morgan fingerprint density at radius 2 is 2.10 bits per heavy atom. The Morgan fingerprint density at radius 3 is 2.86 bits per heavy atom. The first-order valence-electron chi connectivity index (χ1n) is 8.21. The highest BCUT2D eigenvalue weighted by atomic mass is 16.1. The molecule has 2 N–H and O–H groups in total. The van der Waals surface area contributed by atoms with Gasteiger partial charge in [-0.15, -0.1) is 0 Å². The molecule has 21 heavy (non-hydrogen) atoms. The van der Waals surface area contributed by atoms with Crippen molar-refractivity contribution in [2.75, 3.05) is 13.1 Å². The first-order valence-corrected chi connectivity index (χ1v) is 8.21. The van der Waals surface area contributed by atoms with Crippen molar-refractivity contribution >= 4 is 5.91 Å². The molecule has 1 aromatic rings. The predicted octanol–water partition coefficient (Wildman–Crippen LogP) is 2.65. The van der Waals surface area contributed by atoms with Crippen molar-refractivity contribution in [3.8, 4) is 0 Å². The third kappa shape index (κ3) is 6.71. The number of pyridine rings is 1. The molecule has 0 unspecified atom stereocenters. The Morgan fingerprint density at radius 1 is 1.24 bits per heavy atom. The Kier molecular flexibility index (Phi) is 7.22. The van der Waals surface area contributed by atoms with Gasteiger partial charge in [-0.05, 0) is 43.4 Å². The maximum absolute atomic E-state index is 11.8. The topological polar surface area (TPSA) is 54.0 Å². The van der Waals surface area contributed by atoms with Gasteiger partial charge >= 0.3 is 0 Å². The van der Waals surface area contributed by atoms with Crippen LogP contribution in [0.3, 0.4) is 0 Å². The van der Waals surface area contributed by atoms with E-state index in [1.807, 2.05) is 12.3 Å². The molecule has 4 heteroatoms. The number of aromatic nitrogens is 1. The average Bonchev–Trinajstić information content (AvgIpc) is 2.53. The number of hydrogen-bond acceptors (Lipinski definition) is 3. The van der Waals surface area contributed by atoms with Crippen molar-refractivity contribution < 1.29 is 4.79 Å². The van der Waals surface area contributed by atoms with E-state index in [0.29, 0.717) is 5.92 Å². The zero-order valence-corrected chi connectivity index (χ0v) is 12.8. The molecule has 0 atom stereocenters. The van der Waals surface area contributed by atoms with E-state index >= 15 is 0 Å². The minimum atomic E-state index is 0.231. The first kappa shape index (κ1) is 16.0. The lowest BCUT2D eigenvalue weighted by Gasteiger charge is -2.20. The molecule has 0 saturated heterocycles. The average molecular weight is 289 g/mol. The quantitative estimate of drug-likeness (QED) is 0.723. The van der Waals surface area contributed by atoms with Crippen LogP contribution in [0.15, 0.2) is 24.5 Å². The number of hydrogen-bond donors (Lipinski definition) is 2. The van der Waals surface area contributed by atoms with Gasteiger partial charge in [-0.25, -0.2) is 0 Å². The van der Waals surface area contributed by atoms with Crippen molar-refractivity contribution in [1.29, 1.82) is 0 Å². The van der Waals surface area contributed by atoms with Crippen LogP contribution in [0, 0.1) is 5.92 Å². The lowest BCUT2D eigenvalue weighted by atomic mass is 9.87. The molecular formula is C17H27N3O. The number of carbonyl (C=O) groups is 1. The molecular weight excluding hydrogens is 262 g/mol. The van der Waals surface area contributed by atoms with Crippen molar-refractivity contribution in [2.45, 2.75) is 51.5 Å². The highest BCUT2D eigenvalue weighted by molar-refractivity contribution is 5.76. The number of nitrogens with one attached hydrogen (secondary N) is 2. The molecule has 1 saturated carbocycles. The molecule has 116 valence electrons. The molecule has 1 aromatic heterocycles. The minimum Gasteiger partial charge on any atom is -0.356 e. The summed E-state index contributed by atoms with van der Waals surface area (Å²) in [6.45, 7) is 2.52. The second-order valence-corrected chi connectivity index (χ2v) is 5.95. The molecule has 4 nitrogen and oxygen atoms in total. The third-order valence-electron chi connectivity index (χ3n) is 4.10. The number of amides is 1. The van der Waals surface area contributed by atoms with Crippen LogP contribution in [0.25, 0.3) is 0 Å². The van der Waals surface area contributed by atoms with Gasteiger partial charge in [0.15, 0.2) is 0 Å². The van der Waals surface area contributed by atoms with Crippen molar-refractivity contribution in [3.63, 3.8) is 0 Å². The van der Waals surface area contributed by atoms with Crippen LogP contribution in [0.1, 0.15) is 50.5 Å². The maximum Gasteiger partial charge on any atom is 0.220 e. The van der Waals surface area contributed by atoms with Gasteiger partial charge in [-0.2, -0.15) is 0 Å². The van der Waals surface area contributed by atoms with Crippen LogP contribution in [0.2, 0.25) is 0 Å². The first-order chi connectivity index (χ1) is 10.3. The van der Waals surface area contributed by atoms with E-state index in [0.717, 1.165) is 32.5 Å². The summed E-state index contributed by atoms with van der Waals surface area (Å²) in [5.74, 6) is 0.858.